The first-order valence-corrected chi connectivity index (χ1v) is 13.0. The van der Waals surface area contributed by atoms with Gasteiger partial charge < -0.3 is 20.1 Å². The highest BCUT2D eigenvalue weighted by atomic mass is 16.5. The topological polar surface area (TPSA) is 69.9 Å². The van der Waals surface area contributed by atoms with Crippen LogP contribution in [0.3, 0.4) is 0 Å². The molecule has 3 rings (SSSR count). The number of ether oxygens (including phenoxy) is 1. The maximum Gasteiger partial charge on any atom is 0.0651 e. The van der Waals surface area contributed by atoms with Crippen LogP contribution in [-0.4, -0.2) is 45.8 Å². The summed E-state index contributed by atoms with van der Waals surface area (Å²) >= 11 is 0. The third kappa shape index (κ3) is 8.78. The van der Waals surface area contributed by atoms with E-state index in [0.717, 1.165) is 19.3 Å². The highest BCUT2D eigenvalue weighted by Crippen LogP contribution is 2.49. The van der Waals surface area contributed by atoms with Crippen LogP contribution in [0.5, 0.6) is 0 Å². The quantitative estimate of drug-likeness (QED) is 0.327. The van der Waals surface area contributed by atoms with Crippen molar-refractivity contribution in [3.63, 3.8) is 0 Å². The Balaban J connectivity index is 1.39. The summed E-state index contributed by atoms with van der Waals surface area (Å²) < 4.78 is 6.13. The normalized spacial score (nSPS) is 33.3. The van der Waals surface area contributed by atoms with E-state index in [1.54, 1.807) is 5.57 Å². The molecule has 0 aromatic rings. The molecule has 182 valence electrons. The summed E-state index contributed by atoms with van der Waals surface area (Å²) in [7, 11) is 0. The Morgan fingerprint density at radius 3 is 2.38 bits per heavy atom. The van der Waals surface area contributed by atoms with Gasteiger partial charge in [-0.25, -0.2) is 0 Å². The van der Waals surface area contributed by atoms with Crippen LogP contribution in [0.1, 0.15) is 104 Å². The Bertz CT molecular complexity index is 649. The molecule has 4 nitrogen and oxygen atoms in total. The smallest absolute Gasteiger partial charge is 0.0651 e. The predicted molar refractivity (Wildman–Crippen MR) is 130 cm³/mol. The molecule has 3 aliphatic carbocycles. The molecule has 4 heteroatoms. The Morgan fingerprint density at radius 1 is 1.00 bits per heavy atom. The number of unbranched alkanes of at least 4 members (excludes halogenated alkanes) is 1. The fourth-order valence-electron chi connectivity index (χ4n) is 5.86. The summed E-state index contributed by atoms with van der Waals surface area (Å²) in [5, 5.41) is 29.6. The summed E-state index contributed by atoms with van der Waals surface area (Å²) in [5.74, 6) is 0. The molecule has 0 aromatic heterocycles. The van der Waals surface area contributed by atoms with Gasteiger partial charge in [-0.05, 0) is 109 Å². The lowest BCUT2D eigenvalue weighted by Crippen LogP contribution is -2.33. The summed E-state index contributed by atoms with van der Waals surface area (Å²) in [5.41, 5.74) is 2.63. The third-order valence-corrected chi connectivity index (χ3v) is 7.65. The number of rotatable bonds is 8. The fraction of sp³-hybridized carbons (Fsp3) is 0.786. The lowest BCUT2D eigenvalue weighted by Gasteiger charge is -2.43. The molecule has 3 fully saturated rings. The minimum Gasteiger partial charge on any atom is -0.393 e. The van der Waals surface area contributed by atoms with Gasteiger partial charge in [0.2, 0.25) is 0 Å². The maximum atomic E-state index is 9.91. The molecule has 3 saturated carbocycles. The first-order valence-electron chi connectivity index (χ1n) is 13.0. The van der Waals surface area contributed by atoms with E-state index in [4.69, 9.17) is 4.74 Å². The van der Waals surface area contributed by atoms with E-state index in [1.165, 1.54) is 56.9 Å². The van der Waals surface area contributed by atoms with Crippen LogP contribution in [-0.2, 0) is 4.74 Å². The lowest BCUT2D eigenvalue weighted by atomic mass is 9.63. The van der Waals surface area contributed by atoms with Crippen molar-refractivity contribution >= 4 is 0 Å². The first kappa shape index (κ1) is 25.7. The van der Waals surface area contributed by atoms with Crippen LogP contribution in [0.4, 0.5) is 0 Å². The van der Waals surface area contributed by atoms with Crippen molar-refractivity contribution in [3.05, 3.63) is 35.5 Å². The van der Waals surface area contributed by atoms with Gasteiger partial charge in [0.1, 0.15) is 0 Å². The number of hydrogen-bond acceptors (Lipinski definition) is 4. The van der Waals surface area contributed by atoms with Crippen LogP contribution in [0.2, 0.25) is 0 Å². The standard InChI is InChI=1S/C28H46O4/c1-27(2,31)13-5-3-4-6-17-32-26-11-15-28(16-12-26)14-7-8-22(21-28)9-10-23-18-24(29)20-25(30)19-23/h4,6,9-10,24-26,29-31H,3,5,7-8,11-21H2,1-2H3/b6-4+,22-9+/t24-,25-,26?,28?/m1/s1. The monoisotopic (exact) mass is 446 g/mol. The second-order valence-corrected chi connectivity index (χ2v) is 11.3. The van der Waals surface area contributed by atoms with E-state index in [2.05, 4.69) is 24.3 Å². The van der Waals surface area contributed by atoms with E-state index < -0.39 is 5.60 Å². The summed E-state index contributed by atoms with van der Waals surface area (Å²) in [6.07, 6.45) is 23.1. The van der Waals surface area contributed by atoms with Crippen LogP contribution in [0, 0.1) is 5.41 Å². The minimum absolute atomic E-state index is 0.390. The molecule has 3 N–H and O–H groups in total. The summed E-state index contributed by atoms with van der Waals surface area (Å²) in [6.45, 7) is 4.44. The predicted octanol–water partition coefficient (Wildman–Crippen LogP) is 5.76. The summed E-state index contributed by atoms with van der Waals surface area (Å²) in [4.78, 5) is 0. The zero-order valence-electron chi connectivity index (χ0n) is 20.4. The highest BCUT2D eigenvalue weighted by molar-refractivity contribution is 5.22. The molecule has 0 amide bonds. The van der Waals surface area contributed by atoms with Crippen molar-refractivity contribution in [2.24, 2.45) is 5.41 Å². The first-order chi connectivity index (χ1) is 15.2. The second kappa shape index (κ2) is 12.0. The fourth-order valence-corrected chi connectivity index (χ4v) is 5.86. The van der Waals surface area contributed by atoms with E-state index in [9.17, 15) is 15.3 Å². The van der Waals surface area contributed by atoms with Crippen LogP contribution in [0.15, 0.2) is 35.5 Å². The SMILES string of the molecule is CC(C)(O)CCC/C=C/COC1CCC2(CCC/C(=C\C=C3C[C@@H](O)C[C@H](O)C3)C2)CC1. The zero-order valence-corrected chi connectivity index (χ0v) is 20.4. The van der Waals surface area contributed by atoms with Gasteiger partial charge in [-0.1, -0.05) is 35.5 Å². The van der Waals surface area contributed by atoms with Crippen molar-refractivity contribution in [1.82, 2.24) is 0 Å². The van der Waals surface area contributed by atoms with Crippen LogP contribution in [0.25, 0.3) is 0 Å². The molecule has 32 heavy (non-hydrogen) atoms. The van der Waals surface area contributed by atoms with E-state index in [-0.39, 0.29) is 12.2 Å². The van der Waals surface area contributed by atoms with Gasteiger partial charge in [0.25, 0.3) is 0 Å². The Morgan fingerprint density at radius 2 is 1.69 bits per heavy atom. The van der Waals surface area contributed by atoms with Gasteiger partial charge in [0, 0.05) is 0 Å². The van der Waals surface area contributed by atoms with Crippen LogP contribution >= 0.6 is 0 Å². The molecule has 0 unspecified atom stereocenters. The molecule has 0 bridgehead atoms. The molecule has 0 heterocycles. The van der Waals surface area contributed by atoms with Gasteiger partial charge >= 0.3 is 0 Å². The zero-order chi connectivity index (χ0) is 23.0. The molecule has 3 aliphatic rings. The minimum atomic E-state index is -0.561. The van der Waals surface area contributed by atoms with Gasteiger partial charge in [-0.15, -0.1) is 0 Å². The average Bonchev–Trinajstić information content (AvgIpc) is 2.72. The lowest BCUT2D eigenvalue weighted by molar-refractivity contribution is 0.00277. The maximum absolute atomic E-state index is 9.91. The van der Waals surface area contributed by atoms with Crippen molar-refractivity contribution in [2.75, 3.05) is 6.61 Å². The molecule has 0 aliphatic heterocycles. The van der Waals surface area contributed by atoms with Gasteiger partial charge in [0.05, 0.1) is 30.5 Å². The number of aliphatic hydroxyl groups is 3. The van der Waals surface area contributed by atoms with E-state index in [0.29, 0.717) is 37.4 Å². The van der Waals surface area contributed by atoms with Crippen molar-refractivity contribution in [3.8, 4) is 0 Å². The average molecular weight is 447 g/mol. The third-order valence-electron chi connectivity index (χ3n) is 7.65. The Kier molecular flexibility index (Phi) is 9.60. The molecular formula is C28H46O4. The van der Waals surface area contributed by atoms with Gasteiger partial charge in [-0.3, -0.25) is 0 Å². The van der Waals surface area contributed by atoms with Crippen LogP contribution < -0.4 is 0 Å². The summed E-state index contributed by atoms with van der Waals surface area (Å²) in [6, 6.07) is 0. The van der Waals surface area contributed by atoms with Crippen molar-refractivity contribution in [2.45, 2.75) is 128 Å². The van der Waals surface area contributed by atoms with Gasteiger partial charge in [0.15, 0.2) is 0 Å². The van der Waals surface area contributed by atoms with Crippen molar-refractivity contribution in [1.29, 1.82) is 0 Å². The van der Waals surface area contributed by atoms with E-state index in [1.807, 2.05) is 13.8 Å². The highest BCUT2D eigenvalue weighted by Gasteiger charge is 2.37. The molecule has 2 atom stereocenters. The molecule has 0 aromatic carbocycles. The second-order valence-electron chi connectivity index (χ2n) is 11.3. The molecular weight excluding hydrogens is 400 g/mol. The van der Waals surface area contributed by atoms with Gasteiger partial charge in [-0.2, -0.15) is 0 Å². The molecule has 0 radical (unpaired) electrons. The Labute approximate surface area is 195 Å². The van der Waals surface area contributed by atoms with Crippen molar-refractivity contribution < 1.29 is 20.1 Å². The number of allylic oxidation sites excluding steroid dienone is 4. The van der Waals surface area contributed by atoms with E-state index >= 15 is 0 Å². The molecule has 1 spiro atoms. The number of hydrogen-bond donors (Lipinski definition) is 3. The number of aliphatic hydroxyl groups excluding tert-OH is 2. The molecule has 0 saturated heterocycles. The largest absolute Gasteiger partial charge is 0.393 e. The Hall–Kier alpha value is -0.940.